The molecule has 1 N–H and O–H groups in total. The highest BCUT2D eigenvalue weighted by atomic mass is 16.5. The number of rotatable bonds is 6. The molecule has 4 rings (SSSR count). The molecule has 0 unspecified atom stereocenters. The first-order valence-electron chi connectivity index (χ1n) is 9.58. The summed E-state index contributed by atoms with van der Waals surface area (Å²) >= 11 is 0. The fraction of sp³-hybridized carbons (Fsp3) is 0.364. The van der Waals surface area contributed by atoms with Crippen LogP contribution in [-0.2, 0) is 13.0 Å². The summed E-state index contributed by atoms with van der Waals surface area (Å²) in [5.41, 5.74) is 1.99. The molecule has 2 aromatic heterocycles. The molecular weight excluding hydrogens is 354 g/mol. The van der Waals surface area contributed by atoms with Crippen molar-refractivity contribution in [1.29, 1.82) is 0 Å². The number of aromatic nitrogens is 2. The number of nitrogens with zero attached hydrogens (tertiary/aromatic N) is 3. The number of methoxy groups -OCH3 is 1. The summed E-state index contributed by atoms with van der Waals surface area (Å²) < 4.78 is 10.8. The Bertz CT molecular complexity index is 902. The highest BCUT2D eigenvalue weighted by Crippen LogP contribution is 2.29. The molecule has 1 aliphatic rings. The lowest BCUT2D eigenvalue weighted by Crippen LogP contribution is -2.45. The second-order valence-electron chi connectivity index (χ2n) is 7.41. The molecule has 0 saturated carbocycles. The Morgan fingerprint density at radius 1 is 1.14 bits per heavy atom. The maximum atomic E-state index is 11.0. The maximum Gasteiger partial charge on any atom is 0.140 e. The van der Waals surface area contributed by atoms with Gasteiger partial charge in [-0.3, -0.25) is 9.88 Å². The van der Waals surface area contributed by atoms with Gasteiger partial charge in [-0.15, -0.1) is 0 Å². The monoisotopic (exact) mass is 379 g/mol. The highest BCUT2D eigenvalue weighted by Gasteiger charge is 2.33. The van der Waals surface area contributed by atoms with Crippen molar-refractivity contribution >= 4 is 0 Å². The van der Waals surface area contributed by atoms with Crippen molar-refractivity contribution in [3.8, 4) is 17.0 Å². The van der Waals surface area contributed by atoms with Crippen molar-refractivity contribution < 1.29 is 14.4 Å². The number of hydrogen-bond acceptors (Lipinski definition) is 6. The molecule has 3 heterocycles. The van der Waals surface area contributed by atoms with Crippen LogP contribution in [0.5, 0.6) is 5.75 Å². The number of ether oxygens (including phenoxy) is 1. The largest absolute Gasteiger partial charge is 0.497 e. The Kier molecular flexibility index (Phi) is 5.41. The van der Waals surface area contributed by atoms with Gasteiger partial charge >= 0.3 is 0 Å². The van der Waals surface area contributed by atoms with E-state index in [1.165, 1.54) is 0 Å². The van der Waals surface area contributed by atoms with Gasteiger partial charge in [0.25, 0.3) is 0 Å². The molecule has 6 nitrogen and oxygen atoms in total. The van der Waals surface area contributed by atoms with E-state index in [9.17, 15) is 5.11 Å². The van der Waals surface area contributed by atoms with Gasteiger partial charge in [0.1, 0.15) is 17.2 Å². The van der Waals surface area contributed by atoms with Crippen LogP contribution in [-0.4, -0.2) is 45.9 Å². The van der Waals surface area contributed by atoms with Crippen molar-refractivity contribution in [2.75, 3.05) is 20.2 Å². The molecule has 0 amide bonds. The van der Waals surface area contributed by atoms with Gasteiger partial charge in [0.2, 0.25) is 0 Å². The first-order valence-corrected chi connectivity index (χ1v) is 9.58. The van der Waals surface area contributed by atoms with Gasteiger partial charge < -0.3 is 14.4 Å². The number of likely N-dealkylation sites (tertiary alicyclic amines) is 1. The SMILES string of the molecule is COc1cccc(-c2cc(CC3(O)CCN(Cc4ccccn4)CC3)on2)c1. The summed E-state index contributed by atoms with van der Waals surface area (Å²) in [7, 11) is 1.64. The van der Waals surface area contributed by atoms with Crippen molar-refractivity contribution in [2.45, 2.75) is 31.4 Å². The van der Waals surface area contributed by atoms with Gasteiger partial charge in [-0.1, -0.05) is 23.4 Å². The molecule has 0 spiro atoms. The summed E-state index contributed by atoms with van der Waals surface area (Å²) in [4.78, 5) is 6.72. The van der Waals surface area contributed by atoms with Crippen molar-refractivity contribution in [3.05, 3.63) is 66.2 Å². The van der Waals surface area contributed by atoms with E-state index < -0.39 is 5.60 Å². The summed E-state index contributed by atoms with van der Waals surface area (Å²) in [6, 6.07) is 15.6. The van der Waals surface area contributed by atoms with E-state index in [-0.39, 0.29) is 0 Å². The summed E-state index contributed by atoms with van der Waals surface area (Å²) in [5.74, 6) is 1.49. The highest BCUT2D eigenvalue weighted by molar-refractivity contribution is 5.60. The lowest BCUT2D eigenvalue weighted by atomic mass is 9.87. The standard InChI is InChI=1S/C22H25N3O3/c1-27-19-7-4-5-17(13-19)21-14-20(28-24-21)15-22(26)8-11-25(12-9-22)16-18-6-2-3-10-23-18/h2-7,10,13-14,26H,8-9,11-12,15-16H2,1H3. The van der Waals surface area contributed by atoms with Gasteiger partial charge in [0, 0.05) is 43.9 Å². The van der Waals surface area contributed by atoms with E-state index in [2.05, 4.69) is 15.0 Å². The van der Waals surface area contributed by atoms with Crippen LogP contribution in [0.15, 0.2) is 59.3 Å². The molecule has 3 aromatic rings. The van der Waals surface area contributed by atoms with Crippen LogP contribution in [0.2, 0.25) is 0 Å². The Labute approximate surface area is 164 Å². The lowest BCUT2D eigenvalue weighted by Gasteiger charge is -2.37. The fourth-order valence-corrected chi connectivity index (χ4v) is 3.66. The Hall–Kier alpha value is -2.70. The summed E-state index contributed by atoms with van der Waals surface area (Å²) in [5, 5.41) is 15.2. The van der Waals surface area contributed by atoms with Crippen molar-refractivity contribution in [1.82, 2.24) is 15.0 Å². The number of pyridine rings is 1. The molecule has 1 aliphatic heterocycles. The van der Waals surface area contributed by atoms with Gasteiger partial charge in [-0.05, 0) is 37.1 Å². The smallest absolute Gasteiger partial charge is 0.140 e. The molecule has 0 atom stereocenters. The Balaban J connectivity index is 1.36. The van der Waals surface area contributed by atoms with Gasteiger partial charge in [0.15, 0.2) is 0 Å². The van der Waals surface area contributed by atoms with Crippen molar-refractivity contribution in [3.63, 3.8) is 0 Å². The average molecular weight is 379 g/mol. The van der Waals surface area contributed by atoms with E-state index in [1.807, 2.05) is 54.7 Å². The minimum Gasteiger partial charge on any atom is -0.497 e. The first-order chi connectivity index (χ1) is 13.6. The average Bonchev–Trinajstić information content (AvgIpc) is 3.19. The van der Waals surface area contributed by atoms with Crippen molar-refractivity contribution in [2.24, 2.45) is 0 Å². The summed E-state index contributed by atoms with van der Waals surface area (Å²) in [6.45, 7) is 2.49. The predicted octanol–water partition coefficient (Wildman–Crippen LogP) is 3.31. The van der Waals surface area contributed by atoms with Crippen LogP contribution >= 0.6 is 0 Å². The molecule has 146 valence electrons. The maximum absolute atomic E-state index is 11.0. The molecule has 1 aromatic carbocycles. The minimum atomic E-state index is -0.758. The normalized spacial score (nSPS) is 16.8. The Morgan fingerprint density at radius 2 is 2.00 bits per heavy atom. The second-order valence-corrected chi connectivity index (χ2v) is 7.41. The van der Waals surface area contributed by atoms with Crippen LogP contribution in [0.25, 0.3) is 11.3 Å². The zero-order valence-corrected chi connectivity index (χ0v) is 16.0. The first kappa shape index (κ1) is 18.7. The minimum absolute atomic E-state index is 0.474. The van der Waals surface area contributed by atoms with E-state index in [0.717, 1.165) is 42.3 Å². The van der Waals surface area contributed by atoms with Crippen LogP contribution < -0.4 is 4.74 Å². The molecule has 1 fully saturated rings. The molecule has 1 saturated heterocycles. The zero-order valence-electron chi connectivity index (χ0n) is 16.0. The van der Waals surface area contributed by atoms with E-state index in [0.29, 0.717) is 25.0 Å². The number of benzene rings is 1. The zero-order chi connectivity index (χ0) is 19.4. The van der Waals surface area contributed by atoms with E-state index >= 15 is 0 Å². The van der Waals surface area contributed by atoms with Crippen LogP contribution in [0, 0.1) is 0 Å². The fourth-order valence-electron chi connectivity index (χ4n) is 3.66. The Morgan fingerprint density at radius 3 is 2.75 bits per heavy atom. The molecule has 0 bridgehead atoms. The quantitative estimate of drug-likeness (QED) is 0.708. The van der Waals surface area contributed by atoms with Crippen LogP contribution in [0.4, 0.5) is 0 Å². The lowest BCUT2D eigenvalue weighted by molar-refractivity contribution is -0.0267. The van der Waals surface area contributed by atoms with Gasteiger partial charge in [0.05, 0.1) is 18.4 Å². The predicted molar refractivity (Wildman–Crippen MR) is 106 cm³/mol. The molecule has 28 heavy (non-hydrogen) atoms. The molecule has 0 aliphatic carbocycles. The topological polar surface area (TPSA) is 71.6 Å². The third-order valence-electron chi connectivity index (χ3n) is 5.33. The summed E-state index contributed by atoms with van der Waals surface area (Å²) in [6.07, 6.45) is 3.70. The number of hydrogen-bond donors (Lipinski definition) is 1. The number of piperidine rings is 1. The second kappa shape index (κ2) is 8.12. The third kappa shape index (κ3) is 4.40. The van der Waals surface area contributed by atoms with E-state index in [1.54, 1.807) is 7.11 Å². The number of aliphatic hydroxyl groups is 1. The van der Waals surface area contributed by atoms with Gasteiger partial charge in [-0.2, -0.15) is 0 Å². The van der Waals surface area contributed by atoms with Crippen LogP contribution in [0.1, 0.15) is 24.3 Å². The third-order valence-corrected chi connectivity index (χ3v) is 5.33. The van der Waals surface area contributed by atoms with E-state index in [4.69, 9.17) is 9.26 Å². The molecule has 0 radical (unpaired) electrons. The van der Waals surface area contributed by atoms with Gasteiger partial charge in [-0.25, -0.2) is 0 Å². The molecular formula is C22H25N3O3. The van der Waals surface area contributed by atoms with Crippen LogP contribution in [0.3, 0.4) is 0 Å². The molecule has 6 heteroatoms.